The van der Waals surface area contributed by atoms with E-state index in [-0.39, 0.29) is 30.4 Å². The summed E-state index contributed by atoms with van der Waals surface area (Å²) >= 11 is 3.11. The summed E-state index contributed by atoms with van der Waals surface area (Å²) in [7, 11) is 0. The van der Waals surface area contributed by atoms with E-state index in [0.29, 0.717) is 10.3 Å². The van der Waals surface area contributed by atoms with Gasteiger partial charge in [-0.05, 0) is 22.0 Å². The van der Waals surface area contributed by atoms with E-state index in [0.717, 1.165) is 0 Å². The number of hydrogen-bond acceptors (Lipinski definition) is 3. The Morgan fingerprint density at radius 1 is 1.47 bits per heavy atom. The number of fused-ring (bicyclic) bond motifs is 1. The number of halogens is 3. The molecule has 0 saturated carbocycles. The number of hydrogen-bond donors (Lipinski definition) is 1. The van der Waals surface area contributed by atoms with Crippen LogP contribution in [-0.2, 0) is 0 Å². The average molecular weight is 315 g/mol. The van der Waals surface area contributed by atoms with Gasteiger partial charge in [0.25, 0.3) is 0 Å². The van der Waals surface area contributed by atoms with E-state index in [4.69, 9.17) is 5.11 Å². The molecule has 0 aromatic carbocycles. The van der Waals surface area contributed by atoms with E-state index in [9.17, 15) is 4.79 Å². The monoisotopic (exact) mass is 313 g/mol. The Morgan fingerprint density at radius 2 is 2.13 bits per heavy atom. The molecule has 0 aliphatic rings. The number of aromatic nitrogens is 3. The van der Waals surface area contributed by atoms with Gasteiger partial charge < -0.3 is 5.11 Å². The van der Waals surface area contributed by atoms with Gasteiger partial charge in [0.05, 0.1) is 0 Å². The lowest BCUT2D eigenvalue weighted by molar-refractivity contribution is 0.0698. The highest BCUT2D eigenvalue weighted by molar-refractivity contribution is 9.10. The van der Waals surface area contributed by atoms with Crippen molar-refractivity contribution in [3.05, 3.63) is 28.6 Å². The highest BCUT2D eigenvalue weighted by Crippen LogP contribution is 2.13. The van der Waals surface area contributed by atoms with Crippen LogP contribution >= 0.6 is 40.7 Å². The number of carboxylic acid groups (broad SMARTS) is 1. The second-order valence-corrected chi connectivity index (χ2v) is 3.19. The molecule has 0 spiro atoms. The van der Waals surface area contributed by atoms with E-state index in [1.165, 1.54) is 16.8 Å². The normalized spacial score (nSPS) is 9.13. The Labute approximate surface area is 105 Å². The fraction of sp³-hybridized carbons (Fsp3) is 0. The predicted octanol–water partition coefficient (Wildman–Crippen LogP) is 2.03. The molecule has 0 unspecified atom stereocenters. The Bertz CT molecular complexity index is 488. The average Bonchev–Trinajstić information content (AvgIpc) is 2.49. The number of rotatable bonds is 1. The second kappa shape index (κ2) is 5.29. The minimum absolute atomic E-state index is 0. The first-order chi connectivity index (χ1) is 6.18. The van der Waals surface area contributed by atoms with Gasteiger partial charge in [-0.2, -0.15) is 5.10 Å². The molecule has 0 saturated heterocycles. The summed E-state index contributed by atoms with van der Waals surface area (Å²) in [4.78, 5) is 14.6. The van der Waals surface area contributed by atoms with Gasteiger partial charge in [0.2, 0.25) is 0 Å². The lowest BCUT2D eigenvalue weighted by atomic mass is 10.3. The van der Waals surface area contributed by atoms with Gasteiger partial charge in [0, 0.05) is 12.4 Å². The maximum Gasteiger partial charge on any atom is 0.339 e. The maximum absolute atomic E-state index is 10.8. The van der Waals surface area contributed by atoms with Crippen LogP contribution in [0.25, 0.3) is 5.65 Å². The Kier molecular flexibility index (Phi) is 4.99. The van der Waals surface area contributed by atoms with Crippen molar-refractivity contribution in [2.75, 3.05) is 0 Å². The lowest BCUT2D eigenvalue weighted by Crippen LogP contribution is -2.03. The van der Waals surface area contributed by atoms with Crippen molar-refractivity contribution in [1.29, 1.82) is 0 Å². The highest BCUT2D eigenvalue weighted by atomic mass is 79.9. The number of nitrogens with zero attached hydrogens (tertiary/aromatic N) is 3. The van der Waals surface area contributed by atoms with Gasteiger partial charge in [-0.15, -0.1) is 24.8 Å². The fourth-order valence-corrected chi connectivity index (χ4v) is 1.44. The molecule has 0 bridgehead atoms. The summed E-state index contributed by atoms with van der Waals surface area (Å²) in [6.07, 6.45) is 3.09. The number of carboxylic acids is 1. The molecule has 5 nitrogen and oxygen atoms in total. The van der Waals surface area contributed by atoms with Crippen LogP contribution in [0.2, 0.25) is 0 Å². The SMILES string of the molecule is Cl.Cl.O=C(O)c1cc(Br)nn2ccnc12. The van der Waals surface area contributed by atoms with Gasteiger partial charge in [-0.1, -0.05) is 0 Å². The molecule has 0 aliphatic heterocycles. The highest BCUT2D eigenvalue weighted by Gasteiger charge is 2.11. The third kappa shape index (κ3) is 2.58. The zero-order valence-corrected chi connectivity index (χ0v) is 10.3. The van der Waals surface area contributed by atoms with Crippen molar-refractivity contribution < 1.29 is 9.90 Å². The molecule has 0 fully saturated rings. The van der Waals surface area contributed by atoms with E-state index in [1.807, 2.05) is 0 Å². The topological polar surface area (TPSA) is 67.5 Å². The quantitative estimate of drug-likeness (QED) is 0.874. The summed E-state index contributed by atoms with van der Waals surface area (Å²) in [6, 6.07) is 1.42. The molecule has 0 radical (unpaired) electrons. The van der Waals surface area contributed by atoms with Crippen molar-refractivity contribution >= 4 is 52.4 Å². The molecular formula is C7H6BrCl2N3O2. The van der Waals surface area contributed by atoms with Crippen LogP contribution < -0.4 is 0 Å². The van der Waals surface area contributed by atoms with Crippen molar-refractivity contribution in [1.82, 2.24) is 14.6 Å². The lowest BCUT2D eigenvalue weighted by Gasteiger charge is -1.98. The van der Waals surface area contributed by atoms with Crippen LogP contribution in [0, 0.1) is 0 Å². The molecule has 0 atom stereocenters. The van der Waals surface area contributed by atoms with Gasteiger partial charge in [0.15, 0.2) is 5.65 Å². The molecular weight excluding hydrogens is 309 g/mol. The molecule has 8 heteroatoms. The molecule has 0 aliphatic carbocycles. The molecule has 2 rings (SSSR count). The zero-order valence-electron chi connectivity index (χ0n) is 7.12. The summed E-state index contributed by atoms with van der Waals surface area (Å²) in [6.45, 7) is 0. The first-order valence-electron chi connectivity index (χ1n) is 3.41. The first kappa shape index (κ1) is 14.2. The minimum atomic E-state index is -1.01. The van der Waals surface area contributed by atoms with Crippen molar-refractivity contribution in [3.8, 4) is 0 Å². The number of imidazole rings is 1. The van der Waals surface area contributed by atoms with Crippen molar-refractivity contribution in [3.63, 3.8) is 0 Å². The summed E-state index contributed by atoms with van der Waals surface area (Å²) in [5, 5.41) is 12.8. The van der Waals surface area contributed by atoms with Crippen molar-refractivity contribution in [2.45, 2.75) is 0 Å². The smallest absolute Gasteiger partial charge is 0.339 e. The van der Waals surface area contributed by atoms with Crippen LogP contribution in [-0.4, -0.2) is 25.7 Å². The van der Waals surface area contributed by atoms with E-state index >= 15 is 0 Å². The summed E-state index contributed by atoms with van der Waals surface area (Å²) < 4.78 is 1.88. The molecule has 0 amide bonds. The molecule has 1 N–H and O–H groups in total. The Balaban J connectivity index is 0.000000980. The summed E-state index contributed by atoms with van der Waals surface area (Å²) in [5.41, 5.74) is 0.475. The zero-order chi connectivity index (χ0) is 9.42. The van der Waals surface area contributed by atoms with E-state index < -0.39 is 5.97 Å². The van der Waals surface area contributed by atoms with Crippen LogP contribution in [0.1, 0.15) is 10.4 Å². The largest absolute Gasteiger partial charge is 0.478 e. The van der Waals surface area contributed by atoms with Crippen molar-refractivity contribution in [2.24, 2.45) is 0 Å². The predicted molar refractivity (Wildman–Crippen MR) is 62.1 cm³/mol. The molecule has 2 aromatic rings. The Hall–Kier alpha value is -0.850. The van der Waals surface area contributed by atoms with Gasteiger partial charge in [-0.25, -0.2) is 14.3 Å². The second-order valence-electron chi connectivity index (χ2n) is 2.38. The third-order valence-electron chi connectivity index (χ3n) is 1.56. The Morgan fingerprint density at radius 3 is 2.73 bits per heavy atom. The maximum atomic E-state index is 10.8. The third-order valence-corrected chi connectivity index (χ3v) is 1.95. The van der Waals surface area contributed by atoms with Crippen LogP contribution in [0.4, 0.5) is 0 Å². The summed E-state index contributed by atoms with van der Waals surface area (Å²) in [5.74, 6) is -1.01. The minimum Gasteiger partial charge on any atom is -0.478 e. The number of carbonyl (C=O) groups is 1. The van der Waals surface area contributed by atoms with Gasteiger partial charge in [-0.3, -0.25) is 0 Å². The first-order valence-corrected chi connectivity index (χ1v) is 4.21. The molecule has 2 heterocycles. The van der Waals surface area contributed by atoms with Gasteiger partial charge >= 0.3 is 5.97 Å². The standard InChI is InChI=1S/C7H4BrN3O2.2ClH/c8-5-3-4(7(12)13)6-9-1-2-11(6)10-5;;/h1-3H,(H,12,13);2*1H. The number of aromatic carboxylic acids is 1. The fourth-order valence-electron chi connectivity index (χ4n) is 1.04. The van der Waals surface area contributed by atoms with E-state index in [2.05, 4.69) is 26.0 Å². The van der Waals surface area contributed by atoms with Crippen LogP contribution in [0.3, 0.4) is 0 Å². The van der Waals surface area contributed by atoms with Crippen LogP contribution in [0.15, 0.2) is 23.1 Å². The van der Waals surface area contributed by atoms with E-state index in [1.54, 1.807) is 6.20 Å². The molecule has 2 aromatic heterocycles. The molecule has 15 heavy (non-hydrogen) atoms. The van der Waals surface area contributed by atoms with Crippen LogP contribution in [0.5, 0.6) is 0 Å². The van der Waals surface area contributed by atoms with Gasteiger partial charge in [0.1, 0.15) is 10.2 Å². The molecule has 82 valence electrons.